The van der Waals surface area contributed by atoms with Crippen molar-refractivity contribution in [2.24, 2.45) is 0 Å². The number of amides is 1. The van der Waals surface area contributed by atoms with Gasteiger partial charge in [-0.05, 0) is 42.4 Å². The summed E-state index contributed by atoms with van der Waals surface area (Å²) in [7, 11) is 0. The summed E-state index contributed by atoms with van der Waals surface area (Å²) >= 11 is 0. The lowest BCUT2D eigenvalue weighted by Gasteiger charge is -2.21. The Kier molecular flexibility index (Phi) is 7.38. The monoisotopic (exact) mass is 539 g/mol. The molecule has 4 aromatic rings. The molecule has 0 saturated heterocycles. The zero-order valence-corrected chi connectivity index (χ0v) is 20.5. The van der Waals surface area contributed by atoms with Crippen LogP contribution in [0.5, 0.6) is 0 Å². The van der Waals surface area contributed by atoms with Gasteiger partial charge in [0.2, 0.25) is 11.7 Å². The van der Waals surface area contributed by atoms with Crippen molar-refractivity contribution in [1.29, 1.82) is 0 Å². The van der Waals surface area contributed by atoms with Gasteiger partial charge in [-0.15, -0.1) is 0 Å². The zero-order valence-electron chi connectivity index (χ0n) is 20.5. The minimum absolute atomic E-state index is 0.0639. The van der Waals surface area contributed by atoms with E-state index in [1.807, 2.05) is 42.5 Å². The maximum Gasteiger partial charge on any atom is 0.230 e. The Hall–Kier alpha value is -4.18. The number of carbonyl (C=O) groups excluding carboxylic acids is 1. The first-order valence-electron chi connectivity index (χ1n) is 12.2. The highest BCUT2D eigenvalue weighted by atomic mass is 19.2. The van der Waals surface area contributed by atoms with Crippen LogP contribution >= 0.6 is 0 Å². The summed E-state index contributed by atoms with van der Waals surface area (Å²) in [6, 6.07) is 15.1. The zero-order chi connectivity index (χ0) is 27.7. The van der Waals surface area contributed by atoms with Gasteiger partial charge in [-0.3, -0.25) is 4.79 Å². The molecule has 1 aromatic heterocycles. The van der Waals surface area contributed by atoms with Gasteiger partial charge in [0.25, 0.3) is 0 Å². The first-order valence-corrected chi connectivity index (χ1v) is 12.2. The summed E-state index contributed by atoms with van der Waals surface area (Å²) in [5.74, 6) is -11.6. The molecule has 0 spiro atoms. The van der Waals surface area contributed by atoms with Crippen molar-refractivity contribution < 1.29 is 31.9 Å². The molecule has 5 rings (SSSR count). The van der Waals surface area contributed by atoms with Crippen molar-refractivity contribution in [2.75, 3.05) is 5.32 Å². The first kappa shape index (κ1) is 26.4. The number of aliphatic hydroxyl groups is 1. The van der Waals surface area contributed by atoms with Gasteiger partial charge in [-0.25, -0.2) is 31.9 Å². The predicted molar refractivity (Wildman–Crippen MR) is 133 cm³/mol. The Bertz CT molecular complexity index is 1550. The SMILES string of the molecule is O=C(Cc1c(F)c(F)c(F)c(F)c1F)Nc1nc2c(nc1CCc1ccccc1)-c1ccc(CO)cc1CC2. The molecule has 3 aromatic carbocycles. The van der Waals surface area contributed by atoms with Gasteiger partial charge in [0.1, 0.15) is 0 Å². The molecule has 0 saturated carbocycles. The quantitative estimate of drug-likeness (QED) is 0.188. The Morgan fingerprint density at radius 3 is 2.21 bits per heavy atom. The molecule has 39 heavy (non-hydrogen) atoms. The van der Waals surface area contributed by atoms with Gasteiger partial charge < -0.3 is 10.4 Å². The molecule has 1 aliphatic carbocycles. The molecule has 0 unspecified atom stereocenters. The molecule has 0 fully saturated rings. The van der Waals surface area contributed by atoms with E-state index in [1.54, 1.807) is 6.07 Å². The van der Waals surface area contributed by atoms with Crippen LogP contribution in [-0.2, 0) is 43.5 Å². The summed E-state index contributed by atoms with van der Waals surface area (Å²) in [5, 5.41) is 12.0. The topological polar surface area (TPSA) is 75.1 Å². The van der Waals surface area contributed by atoms with E-state index in [0.717, 1.165) is 22.3 Å². The molecule has 0 atom stereocenters. The molecule has 1 aliphatic rings. The molecule has 0 radical (unpaired) electrons. The maximum atomic E-state index is 14.2. The molecule has 5 nitrogen and oxygen atoms in total. The number of halogens is 5. The minimum atomic E-state index is -2.29. The number of carbonyl (C=O) groups is 1. The number of anilines is 1. The van der Waals surface area contributed by atoms with Crippen molar-refractivity contribution in [1.82, 2.24) is 9.97 Å². The van der Waals surface area contributed by atoms with Crippen LogP contribution in [0.3, 0.4) is 0 Å². The number of nitrogens with zero attached hydrogens (tertiary/aromatic N) is 2. The number of aryl methyl sites for hydroxylation is 4. The number of hydrogen-bond donors (Lipinski definition) is 2. The second-order valence-electron chi connectivity index (χ2n) is 9.22. The summed E-state index contributed by atoms with van der Waals surface area (Å²) in [6.07, 6.45) is 0.920. The number of hydrogen-bond acceptors (Lipinski definition) is 4. The van der Waals surface area contributed by atoms with Crippen LogP contribution in [0, 0.1) is 29.1 Å². The Balaban J connectivity index is 1.49. The second-order valence-corrected chi connectivity index (χ2v) is 9.22. The van der Waals surface area contributed by atoms with E-state index in [0.29, 0.717) is 42.8 Å². The lowest BCUT2D eigenvalue weighted by atomic mass is 9.90. The van der Waals surface area contributed by atoms with Crippen LogP contribution in [0.25, 0.3) is 11.3 Å². The van der Waals surface area contributed by atoms with Gasteiger partial charge in [0.15, 0.2) is 29.1 Å². The molecule has 1 amide bonds. The largest absolute Gasteiger partial charge is 0.392 e. The minimum Gasteiger partial charge on any atom is -0.392 e. The van der Waals surface area contributed by atoms with E-state index in [-0.39, 0.29) is 12.4 Å². The van der Waals surface area contributed by atoms with Crippen molar-refractivity contribution in [3.05, 3.63) is 111 Å². The van der Waals surface area contributed by atoms with Crippen molar-refractivity contribution in [3.8, 4) is 11.3 Å². The molecule has 2 N–H and O–H groups in total. The van der Waals surface area contributed by atoms with Crippen molar-refractivity contribution in [2.45, 2.75) is 38.7 Å². The van der Waals surface area contributed by atoms with Crippen LogP contribution in [0.1, 0.15) is 33.6 Å². The lowest BCUT2D eigenvalue weighted by molar-refractivity contribution is -0.115. The third kappa shape index (κ3) is 5.24. The van der Waals surface area contributed by atoms with Crippen molar-refractivity contribution in [3.63, 3.8) is 0 Å². The molecule has 1 heterocycles. The normalized spacial score (nSPS) is 12.2. The highest BCUT2D eigenvalue weighted by Gasteiger charge is 2.28. The van der Waals surface area contributed by atoms with E-state index >= 15 is 0 Å². The lowest BCUT2D eigenvalue weighted by Crippen LogP contribution is -2.22. The van der Waals surface area contributed by atoms with Gasteiger partial charge in [-0.2, -0.15) is 0 Å². The number of fused-ring (bicyclic) bond motifs is 3. The number of benzene rings is 3. The molecule has 10 heteroatoms. The van der Waals surface area contributed by atoms with Crippen LogP contribution in [0.4, 0.5) is 27.8 Å². The van der Waals surface area contributed by atoms with Gasteiger partial charge in [0, 0.05) is 11.1 Å². The fraction of sp³-hybridized carbons (Fsp3) is 0.207. The van der Waals surface area contributed by atoms with Crippen molar-refractivity contribution >= 4 is 11.7 Å². The number of rotatable bonds is 7. The van der Waals surface area contributed by atoms with E-state index in [2.05, 4.69) is 10.3 Å². The first-order chi connectivity index (χ1) is 18.8. The highest BCUT2D eigenvalue weighted by molar-refractivity contribution is 5.92. The number of aliphatic hydroxyl groups excluding tert-OH is 1. The number of nitrogens with one attached hydrogen (secondary N) is 1. The third-order valence-electron chi connectivity index (χ3n) is 6.67. The van der Waals surface area contributed by atoms with Crippen LogP contribution in [0.15, 0.2) is 48.5 Å². The molecular formula is C29H22F5N3O2. The van der Waals surface area contributed by atoms with Gasteiger partial charge in [0.05, 0.1) is 30.1 Å². The van der Waals surface area contributed by atoms with Gasteiger partial charge in [-0.1, -0.05) is 48.5 Å². The van der Waals surface area contributed by atoms with E-state index in [4.69, 9.17) is 4.98 Å². The summed E-state index contributed by atoms with van der Waals surface area (Å²) in [5.41, 5.74) is 4.02. The fourth-order valence-electron chi connectivity index (χ4n) is 4.66. The molecule has 0 bridgehead atoms. The standard InChI is InChI=1S/C29H22F5N3O2/c30-23-19(24(31)26(33)27(34)25(23)32)13-22(39)37-29-21(10-7-15-4-2-1-3-5-15)35-28-18-9-6-16(14-38)12-17(18)8-11-20(28)36-29/h1-6,9,12,38H,7-8,10-11,13-14H2,(H,36,37,39). The van der Waals surface area contributed by atoms with E-state index < -0.39 is 47.0 Å². The third-order valence-corrected chi connectivity index (χ3v) is 6.67. The number of aromatic nitrogens is 2. The summed E-state index contributed by atoms with van der Waals surface area (Å²) in [6.45, 7) is -0.0951. The average molecular weight is 540 g/mol. The Morgan fingerprint density at radius 1 is 0.821 bits per heavy atom. The Morgan fingerprint density at radius 2 is 1.51 bits per heavy atom. The van der Waals surface area contributed by atoms with Crippen LogP contribution in [-0.4, -0.2) is 21.0 Å². The fourth-order valence-corrected chi connectivity index (χ4v) is 4.66. The smallest absolute Gasteiger partial charge is 0.230 e. The van der Waals surface area contributed by atoms with Gasteiger partial charge >= 0.3 is 0 Å². The predicted octanol–water partition coefficient (Wildman–Crippen LogP) is 5.40. The molecule has 200 valence electrons. The van der Waals surface area contributed by atoms with E-state index in [9.17, 15) is 31.9 Å². The summed E-state index contributed by atoms with van der Waals surface area (Å²) < 4.78 is 69.0. The maximum absolute atomic E-state index is 14.2. The van der Waals surface area contributed by atoms with E-state index in [1.165, 1.54) is 0 Å². The van der Waals surface area contributed by atoms with Crippen LogP contribution < -0.4 is 5.32 Å². The van der Waals surface area contributed by atoms with Crippen LogP contribution in [0.2, 0.25) is 0 Å². The molecule has 0 aliphatic heterocycles. The summed E-state index contributed by atoms with van der Waals surface area (Å²) in [4.78, 5) is 22.2. The highest BCUT2D eigenvalue weighted by Crippen LogP contribution is 2.34. The Labute approximate surface area is 220 Å². The second kappa shape index (κ2) is 10.9. The average Bonchev–Trinajstić information content (AvgIpc) is 2.96. The molecular weight excluding hydrogens is 517 g/mol.